The van der Waals surface area contributed by atoms with E-state index < -0.39 is 15.8 Å². The lowest BCUT2D eigenvalue weighted by atomic mass is 10.2. The summed E-state index contributed by atoms with van der Waals surface area (Å²) in [6, 6.07) is 16.6. The Bertz CT molecular complexity index is 1240. The number of oxazole rings is 1. The molecule has 31 heavy (non-hydrogen) atoms. The molecule has 0 unspecified atom stereocenters. The largest absolute Gasteiger partial charge is 0.420 e. The van der Waals surface area contributed by atoms with Crippen LogP contribution in [0.4, 0.5) is 10.3 Å². The minimum absolute atomic E-state index is 0.0772. The smallest absolute Gasteiger partial charge is 0.243 e. The van der Waals surface area contributed by atoms with Crippen molar-refractivity contribution >= 4 is 28.1 Å². The molecule has 3 aromatic rings. The van der Waals surface area contributed by atoms with Gasteiger partial charge < -0.3 is 9.32 Å². The number of sulfonamides is 1. The van der Waals surface area contributed by atoms with Crippen molar-refractivity contribution in [2.45, 2.75) is 4.90 Å². The summed E-state index contributed by atoms with van der Waals surface area (Å²) in [7, 11) is -3.80. The van der Waals surface area contributed by atoms with E-state index in [2.05, 4.69) is 4.98 Å². The van der Waals surface area contributed by atoms with Crippen molar-refractivity contribution in [2.24, 2.45) is 0 Å². The summed E-state index contributed by atoms with van der Waals surface area (Å²) in [6.45, 7) is 1.000. The van der Waals surface area contributed by atoms with Crippen LogP contribution in [0.1, 0.15) is 17.1 Å². The molecule has 1 aromatic heterocycles. The van der Waals surface area contributed by atoms with Gasteiger partial charge >= 0.3 is 0 Å². The van der Waals surface area contributed by atoms with Crippen molar-refractivity contribution < 1.29 is 17.2 Å². The quantitative estimate of drug-likeness (QED) is 0.607. The van der Waals surface area contributed by atoms with Gasteiger partial charge in [0, 0.05) is 32.3 Å². The number of nitriles is 1. The van der Waals surface area contributed by atoms with Gasteiger partial charge in [0.15, 0.2) is 0 Å². The molecule has 0 aliphatic carbocycles. The number of benzene rings is 2. The van der Waals surface area contributed by atoms with Gasteiger partial charge in [0.25, 0.3) is 0 Å². The normalized spacial score (nSPS) is 15.3. The Morgan fingerprint density at radius 1 is 1.03 bits per heavy atom. The Kier molecular flexibility index (Phi) is 5.84. The van der Waals surface area contributed by atoms with Crippen LogP contribution in [0.25, 0.3) is 12.2 Å². The van der Waals surface area contributed by atoms with Gasteiger partial charge in [-0.1, -0.05) is 36.4 Å². The third kappa shape index (κ3) is 4.50. The topological polar surface area (TPSA) is 90.4 Å². The van der Waals surface area contributed by atoms with Crippen LogP contribution in [0.3, 0.4) is 0 Å². The standard InChI is InChI=1S/C22H19FN4O3S/c23-18-7-4-8-19(15-18)31(28,29)27-13-11-26(12-14-27)22-20(16-24)25-21(30-22)10-9-17-5-2-1-3-6-17/h1-10,15H,11-14H2/b10-9+. The second kappa shape index (κ2) is 8.71. The van der Waals surface area contributed by atoms with Gasteiger partial charge in [-0.2, -0.15) is 14.6 Å². The minimum atomic E-state index is -3.80. The van der Waals surface area contributed by atoms with Crippen molar-refractivity contribution in [3.8, 4) is 6.07 Å². The second-order valence-corrected chi connectivity index (χ2v) is 8.85. The molecular weight excluding hydrogens is 419 g/mol. The zero-order valence-electron chi connectivity index (χ0n) is 16.5. The fourth-order valence-electron chi connectivity index (χ4n) is 3.33. The van der Waals surface area contributed by atoms with Crippen LogP contribution < -0.4 is 4.90 Å². The van der Waals surface area contributed by atoms with E-state index in [-0.39, 0.29) is 23.7 Å². The Labute approximate surface area is 179 Å². The number of hydrogen-bond acceptors (Lipinski definition) is 6. The summed E-state index contributed by atoms with van der Waals surface area (Å²) in [4.78, 5) is 5.93. The van der Waals surface area contributed by atoms with Crippen LogP contribution in [0, 0.1) is 17.1 Å². The van der Waals surface area contributed by atoms with Crippen LogP contribution in [-0.4, -0.2) is 43.9 Å². The van der Waals surface area contributed by atoms with Crippen molar-refractivity contribution in [1.82, 2.24) is 9.29 Å². The molecular formula is C22H19FN4O3S. The first-order valence-electron chi connectivity index (χ1n) is 9.62. The molecule has 9 heteroatoms. The van der Waals surface area contributed by atoms with Crippen LogP contribution in [0.5, 0.6) is 0 Å². The van der Waals surface area contributed by atoms with E-state index in [4.69, 9.17) is 4.42 Å². The molecule has 0 saturated carbocycles. The molecule has 0 bridgehead atoms. The number of nitrogens with zero attached hydrogens (tertiary/aromatic N) is 4. The highest BCUT2D eigenvalue weighted by molar-refractivity contribution is 7.89. The maximum absolute atomic E-state index is 13.5. The molecule has 1 aliphatic heterocycles. The molecule has 1 saturated heterocycles. The fraction of sp³-hybridized carbons (Fsp3) is 0.182. The van der Waals surface area contributed by atoms with Gasteiger partial charge in [0.05, 0.1) is 4.90 Å². The number of rotatable bonds is 5. The van der Waals surface area contributed by atoms with Gasteiger partial charge in [-0.25, -0.2) is 12.8 Å². The summed E-state index contributed by atoms with van der Waals surface area (Å²) >= 11 is 0. The Morgan fingerprint density at radius 3 is 2.45 bits per heavy atom. The highest BCUT2D eigenvalue weighted by Crippen LogP contribution is 2.26. The van der Waals surface area contributed by atoms with E-state index in [9.17, 15) is 18.1 Å². The lowest BCUT2D eigenvalue weighted by Crippen LogP contribution is -2.48. The van der Waals surface area contributed by atoms with Crippen LogP contribution in [-0.2, 0) is 10.0 Å². The molecule has 4 rings (SSSR count). The third-order valence-corrected chi connectivity index (χ3v) is 6.80. The van der Waals surface area contributed by atoms with Gasteiger partial charge in [-0.15, -0.1) is 0 Å². The third-order valence-electron chi connectivity index (χ3n) is 4.91. The Hall–Kier alpha value is -3.48. The molecule has 158 valence electrons. The molecule has 7 nitrogen and oxygen atoms in total. The van der Waals surface area contributed by atoms with Crippen molar-refractivity contribution in [3.63, 3.8) is 0 Å². The van der Waals surface area contributed by atoms with Crippen molar-refractivity contribution in [2.75, 3.05) is 31.1 Å². The maximum atomic E-state index is 13.5. The molecule has 0 amide bonds. The first-order chi connectivity index (χ1) is 15.0. The van der Waals surface area contributed by atoms with E-state index in [0.29, 0.717) is 24.9 Å². The number of halogens is 1. The van der Waals surface area contributed by atoms with E-state index in [1.807, 2.05) is 42.5 Å². The van der Waals surface area contributed by atoms with E-state index >= 15 is 0 Å². The Morgan fingerprint density at radius 2 is 1.77 bits per heavy atom. The van der Waals surface area contributed by atoms with E-state index in [1.165, 1.54) is 22.5 Å². The molecule has 2 heterocycles. The summed E-state index contributed by atoms with van der Waals surface area (Å²) in [5.41, 5.74) is 1.12. The van der Waals surface area contributed by atoms with Gasteiger partial charge in [-0.3, -0.25) is 0 Å². The monoisotopic (exact) mass is 438 g/mol. The second-order valence-electron chi connectivity index (χ2n) is 6.91. The number of aromatic nitrogens is 1. The van der Waals surface area contributed by atoms with Crippen LogP contribution in [0.2, 0.25) is 0 Å². The number of anilines is 1. The van der Waals surface area contributed by atoms with Crippen LogP contribution in [0.15, 0.2) is 63.9 Å². The molecule has 1 fully saturated rings. The number of piperazine rings is 1. The van der Waals surface area contributed by atoms with E-state index in [0.717, 1.165) is 11.6 Å². The maximum Gasteiger partial charge on any atom is 0.243 e. The molecule has 0 radical (unpaired) electrons. The molecule has 0 atom stereocenters. The van der Waals surface area contributed by atoms with Crippen LogP contribution >= 0.6 is 0 Å². The van der Waals surface area contributed by atoms with Gasteiger partial charge in [0.2, 0.25) is 27.5 Å². The lowest BCUT2D eigenvalue weighted by Gasteiger charge is -2.33. The molecule has 0 N–H and O–H groups in total. The molecule has 0 spiro atoms. The van der Waals surface area contributed by atoms with Crippen molar-refractivity contribution in [3.05, 3.63) is 77.6 Å². The minimum Gasteiger partial charge on any atom is -0.420 e. The summed E-state index contributed by atoms with van der Waals surface area (Å²) < 4.78 is 46.1. The summed E-state index contributed by atoms with van der Waals surface area (Å²) in [5, 5.41) is 9.44. The average Bonchev–Trinajstić information content (AvgIpc) is 3.22. The highest BCUT2D eigenvalue weighted by atomic mass is 32.2. The van der Waals surface area contributed by atoms with Crippen molar-refractivity contribution in [1.29, 1.82) is 5.26 Å². The predicted octanol–water partition coefficient (Wildman–Crippen LogP) is 3.37. The summed E-state index contributed by atoms with van der Waals surface area (Å²) in [6.07, 6.45) is 3.52. The van der Waals surface area contributed by atoms with E-state index in [1.54, 1.807) is 11.0 Å². The first-order valence-corrected chi connectivity index (χ1v) is 11.1. The Balaban J connectivity index is 1.48. The lowest BCUT2D eigenvalue weighted by molar-refractivity contribution is 0.373. The zero-order chi connectivity index (χ0) is 21.8. The average molecular weight is 438 g/mol. The highest BCUT2D eigenvalue weighted by Gasteiger charge is 2.31. The zero-order valence-corrected chi connectivity index (χ0v) is 17.3. The molecule has 2 aromatic carbocycles. The molecule has 1 aliphatic rings. The predicted molar refractivity (Wildman–Crippen MR) is 114 cm³/mol. The summed E-state index contributed by atoms with van der Waals surface area (Å²) in [5.74, 6) is 0.0133. The van der Waals surface area contributed by atoms with Gasteiger partial charge in [0.1, 0.15) is 11.9 Å². The fourth-order valence-corrected chi connectivity index (χ4v) is 4.78. The van der Waals surface area contributed by atoms with Gasteiger partial charge in [-0.05, 0) is 29.8 Å². The number of hydrogen-bond donors (Lipinski definition) is 0. The first kappa shape index (κ1) is 20.8. The SMILES string of the molecule is N#Cc1nc(/C=C/c2ccccc2)oc1N1CCN(S(=O)(=O)c2cccc(F)c2)CC1.